The summed E-state index contributed by atoms with van der Waals surface area (Å²) in [7, 11) is 0. The molecular weight excluding hydrogens is 144 g/mol. The summed E-state index contributed by atoms with van der Waals surface area (Å²) in [6.45, 7) is 6.75. The first kappa shape index (κ1) is 9.57. The minimum atomic E-state index is 0.514. The Labute approximate surface area is 76.4 Å². The third-order valence-electron chi connectivity index (χ3n) is 2.82. The van der Waals surface area contributed by atoms with Crippen LogP contribution in [0, 0.1) is 11.3 Å². The summed E-state index contributed by atoms with van der Waals surface area (Å²) in [4.78, 5) is 0. The van der Waals surface area contributed by atoms with Crippen molar-refractivity contribution in [2.45, 2.75) is 40.0 Å². The largest absolute Gasteiger partial charge is 0.0914 e. The Balaban J connectivity index is 2.42. The molecule has 1 aliphatic rings. The van der Waals surface area contributed by atoms with Crippen LogP contribution in [0.3, 0.4) is 0 Å². The Morgan fingerprint density at radius 3 is 2.58 bits per heavy atom. The average Bonchev–Trinajstić information content (AvgIpc) is 2.01. The van der Waals surface area contributed by atoms with Gasteiger partial charge in [0, 0.05) is 0 Å². The highest BCUT2D eigenvalue weighted by atomic mass is 14.3. The van der Waals surface area contributed by atoms with Gasteiger partial charge in [-0.25, -0.2) is 0 Å². The van der Waals surface area contributed by atoms with E-state index in [0.717, 1.165) is 5.92 Å². The minimum absolute atomic E-state index is 0.514. The third kappa shape index (κ3) is 2.23. The van der Waals surface area contributed by atoms with Gasteiger partial charge >= 0.3 is 0 Å². The van der Waals surface area contributed by atoms with Gasteiger partial charge in [0.1, 0.15) is 0 Å². The molecule has 2 unspecified atom stereocenters. The van der Waals surface area contributed by atoms with Crippen LogP contribution in [0.4, 0.5) is 0 Å². The van der Waals surface area contributed by atoms with Gasteiger partial charge in [-0.15, -0.1) is 0 Å². The number of hydrogen-bond donors (Lipinski definition) is 0. The molecule has 0 radical (unpaired) electrons. The molecule has 0 bridgehead atoms. The molecule has 0 aromatic carbocycles. The molecule has 0 spiro atoms. The summed E-state index contributed by atoms with van der Waals surface area (Å²) in [5, 5.41) is 0. The molecule has 0 N–H and O–H groups in total. The summed E-state index contributed by atoms with van der Waals surface area (Å²) < 4.78 is 0. The zero-order valence-electron chi connectivity index (χ0n) is 8.51. The molecular formula is C12H20. The Morgan fingerprint density at radius 1 is 1.58 bits per heavy atom. The van der Waals surface area contributed by atoms with Crippen molar-refractivity contribution in [1.82, 2.24) is 0 Å². The molecule has 2 atom stereocenters. The van der Waals surface area contributed by atoms with E-state index in [9.17, 15) is 0 Å². The van der Waals surface area contributed by atoms with E-state index < -0.39 is 0 Å². The van der Waals surface area contributed by atoms with Gasteiger partial charge in [0.2, 0.25) is 0 Å². The fraction of sp³-hybridized carbons (Fsp3) is 0.667. The summed E-state index contributed by atoms with van der Waals surface area (Å²) >= 11 is 0. The van der Waals surface area contributed by atoms with Crippen LogP contribution in [0.5, 0.6) is 0 Å². The average molecular weight is 164 g/mol. The molecule has 0 aromatic heterocycles. The van der Waals surface area contributed by atoms with Gasteiger partial charge < -0.3 is 0 Å². The Hall–Kier alpha value is -0.520. The van der Waals surface area contributed by atoms with Crippen LogP contribution >= 0.6 is 0 Å². The first-order chi connectivity index (χ1) is 5.70. The van der Waals surface area contributed by atoms with Crippen molar-refractivity contribution in [3.8, 4) is 0 Å². The normalized spacial score (nSPS) is 30.6. The second kappa shape index (κ2) is 3.93. The molecule has 0 saturated heterocycles. The van der Waals surface area contributed by atoms with Crippen LogP contribution in [0.25, 0.3) is 0 Å². The van der Waals surface area contributed by atoms with Crippen LogP contribution in [-0.2, 0) is 0 Å². The second-order valence-electron chi connectivity index (χ2n) is 4.16. The zero-order chi connectivity index (χ0) is 9.03. The van der Waals surface area contributed by atoms with Crippen molar-refractivity contribution in [3.63, 3.8) is 0 Å². The minimum Gasteiger partial charge on any atom is -0.0914 e. The standard InChI is InChI=1S/C12H20/c1-4-7-11(5-2)10-12(3)8-6-9-12/h4,6-8,11H,5,9-10H2,1-3H3. The lowest BCUT2D eigenvalue weighted by Gasteiger charge is -2.34. The summed E-state index contributed by atoms with van der Waals surface area (Å²) in [6, 6.07) is 0. The molecule has 0 aliphatic heterocycles. The maximum absolute atomic E-state index is 2.36. The quantitative estimate of drug-likeness (QED) is 0.552. The van der Waals surface area contributed by atoms with E-state index >= 15 is 0 Å². The zero-order valence-corrected chi connectivity index (χ0v) is 8.51. The van der Waals surface area contributed by atoms with Crippen LogP contribution < -0.4 is 0 Å². The van der Waals surface area contributed by atoms with E-state index in [0.29, 0.717) is 5.41 Å². The lowest BCUT2D eigenvalue weighted by atomic mass is 9.71. The van der Waals surface area contributed by atoms with Gasteiger partial charge in [0.15, 0.2) is 0 Å². The van der Waals surface area contributed by atoms with Crippen molar-refractivity contribution in [3.05, 3.63) is 24.3 Å². The number of rotatable bonds is 4. The summed E-state index contributed by atoms with van der Waals surface area (Å²) in [5.74, 6) is 0.782. The Kier molecular flexibility index (Phi) is 3.13. The van der Waals surface area contributed by atoms with E-state index in [2.05, 4.69) is 45.1 Å². The van der Waals surface area contributed by atoms with Crippen molar-refractivity contribution < 1.29 is 0 Å². The Morgan fingerprint density at radius 2 is 2.25 bits per heavy atom. The van der Waals surface area contributed by atoms with Gasteiger partial charge in [-0.2, -0.15) is 0 Å². The smallest absolute Gasteiger partial charge is 0.0106 e. The molecule has 12 heavy (non-hydrogen) atoms. The van der Waals surface area contributed by atoms with E-state index in [1.54, 1.807) is 0 Å². The third-order valence-corrected chi connectivity index (χ3v) is 2.82. The van der Waals surface area contributed by atoms with Gasteiger partial charge in [-0.3, -0.25) is 0 Å². The predicted molar refractivity (Wildman–Crippen MR) is 55.1 cm³/mol. The molecule has 68 valence electrons. The van der Waals surface area contributed by atoms with Crippen LogP contribution in [-0.4, -0.2) is 0 Å². The molecule has 0 heteroatoms. The Bertz CT molecular complexity index is 188. The number of hydrogen-bond acceptors (Lipinski definition) is 0. The SMILES string of the molecule is CC=CC(CC)CC1(C)C=CC1. The summed E-state index contributed by atoms with van der Waals surface area (Å²) in [5.41, 5.74) is 0.514. The van der Waals surface area contributed by atoms with Crippen LogP contribution in [0.2, 0.25) is 0 Å². The fourth-order valence-electron chi connectivity index (χ4n) is 1.89. The van der Waals surface area contributed by atoms with Gasteiger partial charge in [-0.1, -0.05) is 38.2 Å². The van der Waals surface area contributed by atoms with Gasteiger partial charge in [0.25, 0.3) is 0 Å². The molecule has 0 amide bonds. The van der Waals surface area contributed by atoms with E-state index in [-0.39, 0.29) is 0 Å². The molecule has 1 aliphatic carbocycles. The van der Waals surface area contributed by atoms with Crippen molar-refractivity contribution in [2.24, 2.45) is 11.3 Å². The molecule has 0 fully saturated rings. The highest BCUT2D eigenvalue weighted by Gasteiger charge is 2.27. The number of allylic oxidation sites excluding steroid dienone is 4. The summed E-state index contributed by atoms with van der Waals surface area (Å²) in [6.07, 6.45) is 13.0. The monoisotopic (exact) mass is 164 g/mol. The maximum atomic E-state index is 2.36. The fourth-order valence-corrected chi connectivity index (χ4v) is 1.89. The van der Waals surface area contributed by atoms with E-state index in [1.807, 2.05) is 0 Å². The van der Waals surface area contributed by atoms with Crippen LogP contribution in [0.1, 0.15) is 40.0 Å². The molecule has 0 aromatic rings. The molecule has 0 heterocycles. The van der Waals surface area contributed by atoms with Crippen molar-refractivity contribution in [2.75, 3.05) is 0 Å². The molecule has 0 saturated carbocycles. The lowest BCUT2D eigenvalue weighted by Crippen LogP contribution is -2.21. The molecule has 1 rings (SSSR count). The van der Waals surface area contributed by atoms with E-state index in [4.69, 9.17) is 0 Å². The highest BCUT2D eigenvalue weighted by Crippen LogP contribution is 2.39. The van der Waals surface area contributed by atoms with Gasteiger partial charge in [0.05, 0.1) is 0 Å². The van der Waals surface area contributed by atoms with Gasteiger partial charge in [-0.05, 0) is 37.5 Å². The highest BCUT2D eigenvalue weighted by molar-refractivity contribution is 5.12. The maximum Gasteiger partial charge on any atom is -0.0106 e. The van der Waals surface area contributed by atoms with Crippen molar-refractivity contribution >= 4 is 0 Å². The first-order valence-corrected chi connectivity index (χ1v) is 5.00. The second-order valence-corrected chi connectivity index (χ2v) is 4.16. The van der Waals surface area contributed by atoms with Crippen molar-refractivity contribution in [1.29, 1.82) is 0 Å². The van der Waals surface area contributed by atoms with E-state index in [1.165, 1.54) is 19.3 Å². The topological polar surface area (TPSA) is 0 Å². The predicted octanol–water partition coefficient (Wildman–Crippen LogP) is 3.95. The lowest BCUT2D eigenvalue weighted by molar-refractivity contribution is 0.309. The van der Waals surface area contributed by atoms with Crippen LogP contribution in [0.15, 0.2) is 24.3 Å². The first-order valence-electron chi connectivity index (χ1n) is 5.00. The molecule has 0 nitrogen and oxygen atoms in total.